The lowest BCUT2D eigenvalue weighted by Crippen LogP contribution is -2.45. The van der Waals surface area contributed by atoms with Crippen molar-refractivity contribution in [3.8, 4) is 0 Å². The van der Waals surface area contributed by atoms with Crippen LogP contribution < -0.4 is 5.32 Å². The lowest BCUT2D eigenvalue weighted by atomic mass is 9.69. The zero-order valence-corrected chi connectivity index (χ0v) is 16.7. The minimum Gasteiger partial charge on any atom is -0.307 e. The molecule has 1 saturated carbocycles. The number of benzene rings is 1. The van der Waals surface area contributed by atoms with Crippen LogP contribution in [-0.2, 0) is 0 Å². The van der Waals surface area contributed by atoms with Gasteiger partial charge in [-0.3, -0.25) is 0 Å². The molecule has 0 spiro atoms. The quantitative estimate of drug-likeness (QED) is 0.595. The van der Waals surface area contributed by atoms with Gasteiger partial charge in [-0.1, -0.05) is 71.5 Å². The van der Waals surface area contributed by atoms with E-state index in [9.17, 15) is 0 Å². The van der Waals surface area contributed by atoms with Gasteiger partial charge in [-0.25, -0.2) is 0 Å². The van der Waals surface area contributed by atoms with Crippen molar-refractivity contribution < 1.29 is 0 Å². The first-order valence-corrected chi connectivity index (χ1v) is 9.58. The molecule has 3 unspecified atom stereocenters. The van der Waals surface area contributed by atoms with Crippen molar-refractivity contribution in [1.82, 2.24) is 5.32 Å². The maximum Gasteiger partial charge on any atom is 0.0305 e. The molecule has 1 aliphatic carbocycles. The Labute approximate surface area is 146 Å². The standard InChI is InChI=1S/C18H27Br2N/c1-12(14-10-9-13(19)11-16(14)20)21-17-8-6-5-7-15(17)18(2,3)4/h9-12,15,17,21H,5-8H2,1-4H3. The van der Waals surface area contributed by atoms with Crippen molar-refractivity contribution in [2.75, 3.05) is 0 Å². The Morgan fingerprint density at radius 1 is 1.14 bits per heavy atom. The van der Waals surface area contributed by atoms with Gasteiger partial charge in [-0.05, 0) is 48.8 Å². The van der Waals surface area contributed by atoms with Crippen LogP contribution in [0.1, 0.15) is 65.0 Å². The predicted octanol–water partition coefficient (Wildman–Crippen LogP) is 6.47. The van der Waals surface area contributed by atoms with Gasteiger partial charge in [0.2, 0.25) is 0 Å². The van der Waals surface area contributed by atoms with Crippen LogP contribution in [0.25, 0.3) is 0 Å². The van der Waals surface area contributed by atoms with Gasteiger partial charge in [0.25, 0.3) is 0 Å². The van der Waals surface area contributed by atoms with Crippen LogP contribution in [0, 0.1) is 11.3 Å². The molecule has 0 saturated heterocycles. The first-order valence-electron chi connectivity index (χ1n) is 8.00. The molecule has 0 bridgehead atoms. The maximum absolute atomic E-state index is 3.91. The van der Waals surface area contributed by atoms with Crippen LogP contribution in [0.5, 0.6) is 0 Å². The van der Waals surface area contributed by atoms with E-state index in [4.69, 9.17) is 0 Å². The van der Waals surface area contributed by atoms with Crippen LogP contribution in [-0.4, -0.2) is 6.04 Å². The fourth-order valence-corrected chi connectivity index (χ4v) is 5.02. The van der Waals surface area contributed by atoms with Gasteiger partial charge in [-0.2, -0.15) is 0 Å². The van der Waals surface area contributed by atoms with Crippen molar-refractivity contribution in [2.45, 2.75) is 65.5 Å². The fraction of sp³-hybridized carbons (Fsp3) is 0.667. The largest absolute Gasteiger partial charge is 0.307 e. The van der Waals surface area contributed by atoms with E-state index in [0.29, 0.717) is 17.5 Å². The zero-order chi connectivity index (χ0) is 15.6. The second-order valence-electron chi connectivity index (χ2n) is 7.42. The van der Waals surface area contributed by atoms with E-state index in [1.54, 1.807) is 0 Å². The molecule has 0 heterocycles. The molecule has 1 fully saturated rings. The Morgan fingerprint density at radius 2 is 1.81 bits per heavy atom. The number of halogens is 2. The number of rotatable bonds is 3. The van der Waals surface area contributed by atoms with E-state index in [2.05, 4.69) is 83.1 Å². The molecule has 1 aromatic carbocycles. The molecule has 1 N–H and O–H groups in total. The summed E-state index contributed by atoms with van der Waals surface area (Å²) in [5.74, 6) is 0.767. The average Bonchev–Trinajstić information content (AvgIpc) is 2.37. The van der Waals surface area contributed by atoms with Crippen molar-refractivity contribution in [3.05, 3.63) is 32.7 Å². The third-order valence-electron chi connectivity index (χ3n) is 4.77. The van der Waals surface area contributed by atoms with Crippen LogP contribution in [0.15, 0.2) is 27.1 Å². The van der Waals surface area contributed by atoms with Crippen LogP contribution >= 0.6 is 31.9 Å². The van der Waals surface area contributed by atoms with Gasteiger partial charge in [0, 0.05) is 21.0 Å². The topological polar surface area (TPSA) is 12.0 Å². The molecule has 21 heavy (non-hydrogen) atoms. The van der Waals surface area contributed by atoms with Crippen molar-refractivity contribution >= 4 is 31.9 Å². The second-order valence-corrected chi connectivity index (χ2v) is 9.19. The Balaban J connectivity index is 2.11. The summed E-state index contributed by atoms with van der Waals surface area (Å²) in [6, 6.07) is 7.47. The number of hydrogen-bond donors (Lipinski definition) is 1. The molecule has 1 nitrogen and oxygen atoms in total. The molecular formula is C18H27Br2N. The summed E-state index contributed by atoms with van der Waals surface area (Å²) in [5.41, 5.74) is 1.73. The summed E-state index contributed by atoms with van der Waals surface area (Å²) in [4.78, 5) is 0. The molecule has 118 valence electrons. The molecule has 0 aliphatic heterocycles. The first-order chi connectivity index (χ1) is 9.79. The molecule has 3 atom stereocenters. The molecule has 1 aromatic rings. The van der Waals surface area contributed by atoms with E-state index >= 15 is 0 Å². The second kappa shape index (κ2) is 7.14. The lowest BCUT2D eigenvalue weighted by Gasteiger charge is -2.42. The molecule has 0 amide bonds. The predicted molar refractivity (Wildman–Crippen MR) is 98.6 cm³/mol. The average molecular weight is 417 g/mol. The summed E-state index contributed by atoms with van der Waals surface area (Å²) >= 11 is 7.23. The summed E-state index contributed by atoms with van der Waals surface area (Å²) in [7, 11) is 0. The highest BCUT2D eigenvalue weighted by atomic mass is 79.9. The number of hydrogen-bond acceptors (Lipinski definition) is 1. The van der Waals surface area contributed by atoms with E-state index in [0.717, 1.165) is 10.4 Å². The van der Waals surface area contributed by atoms with Gasteiger partial charge >= 0.3 is 0 Å². The molecule has 0 aromatic heterocycles. The maximum atomic E-state index is 3.91. The Kier molecular flexibility index (Phi) is 5.95. The third-order valence-corrected chi connectivity index (χ3v) is 5.95. The van der Waals surface area contributed by atoms with Gasteiger partial charge in [-0.15, -0.1) is 0 Å². The zero-order valence-electron chi connectivity index (χ0n) is 13.5. The molecule has 0 radical (unpaired) electrons. The SMILES string of the molecule is CC(NC1CCCCC1C(C)(C)C)c1ccc(Br)cc1Br. The highest BCUT2D eigenvalue weighted by Crippen LogP contribution is 2.39. The molecule has 1 aliphatic rings. The Morgan fingerprint density at radius 3 is 2.43 bits per heavy atom. The first kappa shape index (κ1) is 17.5. The summed E-state index contributed by atoms with van der Waals surface area (Å²) < 4.78 is 2.30. The van der Waals surface area contributed by atoms with E-state index in [-0.39, 0.29) is 0 Å². The smallest absolute Gasteiger partial charge is 0.0305 e. The minimum absolute atomic E-state index is 0.375. The van der Waals surface area contributed by atoms with Gasteiger partial charge < -0.3 is 5.32 Å². The highest BCUT2D eigenvalue weighted by Gasteiger charge is 2.34. The molecular weight excluding hydrogens is 390 g/mol. The van der Waals surface area contributed by atoms with Crippen molar-refractivity contribution in [1.29, 1.82) is 0 Å². The van der Waals surface area contributed by atoms with Crippen LogP contribution in [0.3, 0.4) is 0 Å². The van der Waals surface area contributed by atoms with E-state index < -0.39 is 0 Å². The summed E-state index contributed by atoms with van der Waals surface area (Å²) in [6.07, 6.45) is 5.41. The third kappa shape index (κ3) is 4.56. The number of nitrogens with one attached hydrogen (secondary N) is 1. The summed E-state index contributed by atoms with van der Waals surface area (Å²) in [6.45, 7) is 9.44. The van der Waals surface area contributed by atoms with Crippen molar-refractivity contribution in [3.63, 3.8) is 0 Å². The van der Waals surface area contributed by atoms with E-state index in [1.807, 2.05) is 0 Å². The van der Waals surface area contributed by atoms with Crippen LogP contribution in [0.4, 0.5) is 0 Å². The fourth-order valence-electron chi connectivity index (χ4n) is 3.63. The highest BCUT2D eigenvalue weighted by molar-refractivity contribution is 9.11. The van der Waals surface area contributed by atoms with E-state index in [1.165, 1.54) is 35.7 Å². The van der Waals surface area contributed by atoms with Gasteiger partial charge in [0.05, 0.1) is 0 Å². The minimum atomic E-state index is 0.375. The lowest BCUT2D eigenvalue weighted by molar-refractivity contribution is 0.124. The molecule has 3 heteroatoms. The van der Waals surface area contributed by atoms with Crippen molar-refractivity contribution in [2.24, 2.45) is 11.3 Å². The Bertz CT molecular complexity index is 479. The van der Waals surface area contributed by atoms with Gasteiger partial charge in [0.1, 0.15) is 0 Å². The normalized spacial score (nSPS) is 24.9. The summed E-state index contributed by atoms with van der Waals surface area (Å²) in [5, 5.41) is 3.91. The monoisotopic (exact) mass is 415 g/mol. The molecule has 2 rings (SSSR count). The van der Waals surface area contributed by atoms with Gasteiger partial charge in [0.15, 0.2) is 0 Å². The Hall–Kier alpha value is 0.140. The van der Waals surface area contributed by atoms with Crippen LogP contribution in [0.2, 0.25) is 0 Å².